The average Bonchev–Trinajstić information content (AvgIpc) is 2.40. The second-order valence-corrected chi connectivity index (χ2v) is 8.36. The molecule has 4 nitrogen and oxygen atoms in total. The SMILES string of the molecule is CC(C(=O)[O-])c1c(I)cc(I)c(N2CCCCC2=O)c1I.[Na+]. The summed E-state index contributed by atoms with van der Waals surface area (Å²) in [4.78, 5) is 25.2. The fourth-order valence-electron chi connectivity index (χ4n) is 2.40. The van der Waals surface area contributed by atoms with Gasteiger partial charge in [0, 0.05) is 35.6 Å². The molecule has 1 heterocycles. The Bertz CT molecular complexity index is 609. The molecule has 1 amide bonds. The van der Waals surface area contributed by atoms with Crippen molar-refractivity contribution in [2.75, 3.05) is 11.4 Å². The topological polar surface area (TPSA) is 60.4 Å². The van der Waals surface area contributed by atoms with Gasteiger partial charge in [0.25, 0.3) is 0 Å². The number of aliphatic carboxylic acids is 1. The first-order valence-electron chi connectivity index (χ1n) is 6.53. The Kier molecular flexibility index (Phi) is 8.91. The standard InChI is InChI=1S/C14H14I3NO3.Na/c1-7(14(20)21)11-8(15)6-9(16)13(12(11)17)18-5-3-2-4-10(18)19;/h6-7H,2-5H2,1H3,(H,20,21);/q;+1/p-1. The summed E-state index contributed by atoms with van der Waals surface area (Å²) in [5.41, 5.74) is 1.59. The molecule has 1 fully saturated rings. The Labute approximate surface area is 192 Å². The van der Waals surface area contributed by atoms with Gasteiger partial charge in [0.1, 0.15) is 0 Å². The molecule has 1 unspecified atom stereocenters. The van der Waals surface area contributed by atoms with E-state index >= 15 is 0 Å². The van der Waals surface area contributed by atoms with E-state index in [9.17, 15) is 14.7 Å². The van der Waals surface area contributed by atoms with E-state index in [2.05, 4.69) is 67.8 Å². The minimum Gasteiger partial charge on any atom is -0.550 e. The van der Waals surface area contributed by atoms with Crippen molar-refractivity contribution in [3.8, 4) is 0 Å². The van der Waals surface area contributed by atoms with E-state index in [0.717, 1.165) is 34.8 Å². The first kappa shape index (κ1) is 21.4. The molecule has 2 rings (SSSR count). The molecule has 1 aliphatic heterocycles. The number of nitrogens with zero attached hydrogens (tertiary/aromatic N) is 1. The smallest absolute Gasteiger partial charge is 0.550 e. The van der Waals surface area contributed by atoms with Crippen molar-refractivity contribution >= 4 is 85.3 Å². The van der Waals surface area contributed by atoms with Crippen LogP contribution in [0.1, 0.15) is 37.7 Å². The zero-order valence-corrected chi connectivity index (χ0v) is 20.8. The van der Waals surface area contributed by atoms with Crippen molar-refractivity contribution in [3.63, 3.8) is 0 Å². The molecular weight excluding hydrogens is 634 g/mol. The van der Waals surface area contributed by atoms with Crippen molar-refractivity contribution in [3.05, 3.63) is 22.3 Å². The molecule has 114 valence electrons. The molecule has 0 N–H and O–H groups in total. The summed E-state index contributed by atoms with van der Waals surface area (Å²) in [5.74, 6) is -1.67. The molecule has 1 atom stereocenters. The van der Waals surface area contributed by atoms with Gasteiger partial charge in [-0.1, -0.05) is 6.92 Å². The Morgan fingerprint density at radius 3 is 2.45 bits per heavy atom. The van der Waals surface area contributed by atoms with Crippen molar-refractivity contribution in [2.24, 2.45) is 0 Å². The van der Waals surface area contributed by atoms with Crippen LogP contribution in [0.4, 0.5) is 5.69 Å². The number of carbonyl (C=O) groups excluding carboxylic acids is 2. The minimum atomic E-state index is -1.09. The number of carbonyl (C=O) groups is 2. The van der Waals surface area contributed by atoms with Crippen LogP contribution in [0, 0.1) is 10.7 Å². The fourth-order valence-corrected chi connectivity index (χ4v) is 7.29. The largest absolute Gasteiger partial charge is 1.00 e. The minimum absolute atomic E-state index is 0. The third-order valence-electron chi connectivity index (χ3n) is 3.56. The molecule has 0 spiro atoms. The monoisotopic (exact) mass is 647 g/mol. The summed E-state index contributed by atoms with van der Waals surface area (Å²) in [6, 6.07) is 1.94. The normalized spacial score (nSPS) is 16.2. The summed E-state index contributed by atoms with van der Waals surface area (Å²) in [7, 11) is 0. The van der Waals surface area contributed by atoms with Gasteiger partial charge in [-0.3, -0.25) is 4.79 Å². The van der Waals surface area contributed by atoms with Crippen LogP contribution in [0.15, 0.2) is 6.07 Å². The molecule has 1 saturated heterocycles. The van der Waals surface area contributed by atoms with Gasteiger partial charge in [0.05, 0.1) is 5.69 Å². The van der Waals surface area contributed by atoms with Gasteiger partial charge < -0.3 is 14.8 Å². The van der Waals surface area contributed by atoms with Gasteiger partial charge in [0.15, 0.2) is 0 Å². The Morgan fingerprint density at radius 2 is 1.91 bits per heavy atom. The van der Waals surface area contributed by atoms with E-state index in [1.807, 2.05) is 6.07 Å². The molecule has 0 bridgehead atoms. The van der Waals surface area contributed by atoms with E-state index < -0.39 is 11.9 Å². The number of rotatable bonds is 3. The predicted octanol–water partition coefficient (Wildman–Crippen LogP) is -0.125. The Morgan fingerprint density at radius 1 is 1.27 bits per heavy atom. The number of amides is 1. The number of halogens is 3. The van der Waals surface area contributed by atoms with Crippen LogP contribution in [-0.4, -0.2) is 18.4 Å². The summed E-state index contributed by atoms with van der Waals surface area (Å²) in [6.07, 6.45) is 2.47. The predicted molar refractivity (Wildman–Crippen MR) is 104 cm³/mol. The van der Waals surface area contributed by atoms with Crippen LogP contribution < -0.4 is 39.6 Å². The molecular formula is C14H13I3NNaO3. The number of hydrogen-bond acceptors (Lipinski definition) is 3. The number of carboxylic acid groups (broad SMARTS) is 1. The first-order chi connectivity index (χ1) is 9.84. The van der Waals surface area contributed by atoms with Gasteiger partial charge >= 0.3 is 29.6 Å². The maximum Gasteiger partial charge on any atom is 1.00 e. The molecule has 0 aromatic heterocycles. The number of hydrogen-bond donors (Lipinski definition) is 0. The van der Waals surface area contributed by atoms with Crippen LogP contribution in [0.5, 0.6) is 0 Å². The molecule has 8 heteroatoms. The van der Waals surface area contributed by atoms with Gasteiger partial charge in [-0.2, -0.15) is 0 Å². The summed E-state index contributed by atoms with van der Waals surface area (Å²) in [6.45, 7) is 2.33. The summed E-state index contributed by atoms with van der Waals surface area (Å²) >= 11 is 6.52. The Hall–Kier alpha value is 1.35. The Balaban J connectivity index is 0.00000242. The van der Waals surface area contributed by atoms with Crippen molar-refractivity contribution < 1.29 is 44.3 Å². The van der Waals surface area contributed by atoms with Crippen LogP contribution in [0.2, 0.25) is 0 Å². The zero-order valence-electron chi connectivity index (χ0n) is 12.3. The van der Waals surface area contributed by atoms with E-state index in [1.54, 1.807) is 11.8 Å². The number of benzene rings is 1. The second-order valence-electron chi connectivity index (χ2n) is 4.96. The third-order valence-corrected chi connectivity index (χ3v) is 6.37. The maximum absolute atomic E-state index is 12.2. The molecule has 1 aromatic rings. The number of carboxylic acids is 1. The molecule has 1 aliphatic rings. The third kappa shape index (κ3) is 4.50. The van der Waals surface area contributed by atoms with Crippen LogP contribution in [0.25, 0.3) is 0 Å². The van der Waals surface area contributed by atoms with Gasteiger partial charge in [-0.25, -0.2) is 0 Å². The van der Waals surface area contributed by atoms with Crippen molar-refractivity contribution in [1.82, 2.24) is 0 Å². The summed E-state index contributed by atoms with van der Waals surface area (Å²) in [5, 5.41) is 11.2. The van der Waals surface area contributed by atoms with E-state index in [1.165, 1.54) is 0 Å². The van der Waals surface area contributed by atoms with E-state index in [0.29, 0.717) is 13.0 Å². The molecule has 1 aromatic carbocycles. The first-order valence-corrected chi connectivity index (χ1v) is 9.76. The number of piperidine rings is 1. The molecule has 0 radical (unpaired) electrons. The van der Waals surface area contributed by atoms with Crippen LogP contribution in [0.3, 0.4) is 0 Å². The quantitative estimate of drug-likeness (QED) is 0.340. The van der Waals surface area contributed by atoms with E-state index in [-0.39, 0.29) is 35.5 Å². The molecule has 22 heavy (non-hydrogen) atoms. The van der Waals surface area contributed by atoms with Crippen molar-refractivity contribution in [1.29, 1.82) is 0 Å². The molecule has 0 aliphatic carbocycles. The van der Waals surface area contributed by atoms with Crippen molar-refractivity contribution in [2.45, 2.75) is 32.1 Å². The van der Waals surface area contributed by atoms with E-state index in [4.69, 9.17) is 0 Å². The fraction of sp³-hybridized carbons (Fsp3) is 0.429. The second kappa shape index (κ2) is 9.16. The van der Waals surface area contributed by atoms with Gasteiger partial charge in [-0.05, 0) is 92.2 Å². The van der Waals surface area contributed by atoms with Crippen LogP contribution >= 0.6 is 67.8 Å². The van der Waals surface area contributed by atoms with Crippen LogP contribution in [-0.2, 0) is 9.59 Å². The zero-order chi connectivity index (χ0) is 15.7. The number of anilines is 1. The van der Waals surface area contributed by atoms with Gasteiger partial charge in [-0.15, -0.1) is 0 Å². The maximum atomic E-state index is 12.2. The molecule has 0 saturated carbocycles. The van der Waals surface area contributed by atoms with Gasteiger partial charge in [0.2, 0.25) is 5.91 Å². The summed E-state index contributed by atoms with van der Waals surface area (Å²) < 4.78 is 2.72. The average molecular weight is 647 g/mol.